The van der Waals surface area contributed by atoms with Crippen molar-refractivity contribution >= 4 is 40.1 Å². The molecule has 2 aromatic rings. The monoisotopic (exact) mass is 493 g/mol. The Balaban J connectivity index is 1.62. The number of nitrogens with zero attached hydrogens (tertiary/aromatic N) is 2. The Morgan fingerprint density at radius 1 is 1.25 bits per heavy atom. The number of hydrogen-bond acceptors (Lipinski definition) is 5. The Bertz CT molecular complexity index is 949. The molecule has 0 bridgehead atoms. The third kappa shape index (κ3) is 6.14. The van der Waals surface area contributed by atoms with Crippen LogP contribution in [0.5, 0.6) is 11.8 Å². The first-order valence-corrected chi connectivity index (χ1v) is 11.2. The predicted octanol–water partition coefficient (Wildman–Crippen LogP) is 4.76. The molecule has 32 heavy (non-hydrogen) atoms. The van der Waals surface area contributed by atoms with Gasteiger partial charge in [0.25, 0.3) is 12.4 Å². The number of carbonyl (C=O) groups excluding carboxylic acids is 1. The summed E-state index contributed by atoms with van der Waals surface area (Å²) in [6.45, 7) is 3.07. The molecule has 1 saturated carbocycles. The molecule has 3 rings (SSSR count). The number of carbonyl (C=O) groups is 1. The van der Waals surface area contributed by atoms with Gasteiger partial charge in [0.2, 0.25) is 5.91 Å². The van der Waals surface area contributed by atoms with Crippen molar-refractivity contribution in [3.63, 3.8) is 0 Å². The summed E-state index contributed by atoms with van der Waals surface area (Å²) in [5, 5.41) is 3.20. The molecule has 0 spiro atoms. The summed E-state index contributed by atoms with van der Waals surface area (Å²) in [5.41, 5.74) is 0.880. The van der Waals surface area contributed by atoms with Crippen LogP contribution in [0.4, 0.5) is 8.78 Å². The molecule has 0 saturated heterocycles. The second kappa shape index (κ2) is 10.9. The number of aryl methyl sites for hydroxylation is 1. The number of benzene rings is 1. The zero-order chi connectivity index (χ0) is 23.4. The highest BCUT2D eigenvalue weighted by atomic mass is 35.5. The van der Waals surface area contributed by atoms with Crippen LogP contribution in [-0.4, -0.2) is 53.3 Å². The minimum absolute atomic E-state index is 0.0365. The molecule has 7 nitrogen and oxygen atoms in total. The Labute approximate surface area is 195 Å². The summed E-state index contributed by atoms with van der Waals surface area (Å²) in [4.78, 5) is 15.5. The van der Waals surface area contributed by atoms with Crippen LogP contribution in [0.3, 0.4) is 0 Å². The molecule has 0 aliphatic heterocycles. The number of fused-ring (bicyclic) bond motifs is 1. The van der Waals surface area contributed by atoms with Crippen LogP contribution >= 0.6 is 23.2 Å². The lowest BCUT2D eigenvalue weighted by Crippen LogP contribution is -2.37. The Kier molecular flexibility index (Phi) is 8.41. The molecule has 0 radical (unpaired) electrons. The first-order chi connectivity index (χ1) is 15.2. The van der Waals surface area contributed by atoms with Crippen LogP contribution < -0.4 is 14.8 Å². The molecule has 178 valence electrons. The van der Waals surface area contributed by atoms with E-state index < -0.39 is 13.0 Å². The SMILES string of the molecule is CC(=O)N[C@@H](C)COC1CCC(Oc2nc3c(Cl)cc(OCC(F)F)c(Cl)c3n2C)CC1. The summed E-state index contributed by atoms with van der Waals surface area (Å²) in [5.74, 6) is -0.00117. The van der Waals surface area contributed by atoms with E-state index in [0.717, 1.165) is 25.7 Å². The molecule has 1 N–H and O–H groups in total. The summed E-state index contributed by atoms with van der Waals surface area (Å²) < 4.78 is 43.8. The average Bonchev–Trinajstić information content (AvgIpc) is 3.05. The predicted molar refractivity (Wildman–Crippen MR) is 118 cm³/mol. The molecule has 0 unspecified atom stereocenters. The summed E-state index contributed by atoms with van der Waals surface area (Å²) in [7, 11) is 1.72. The van der Waals surface area contributed by atoms with Gasteiger partial charge in [-0.25, -0.2) is 8.78 Å². The average molecular weight is 494 g/mol. The van der Waals surface area contributed by atoms with Crippen molar-refractivity contribution in [2.45, 2.75) is 64.2 Å². The number of ether oxygens (including phenoxy) is 3. The number of alkyl halides is 2. The fraction of sp³-hybridized carbons (Fsp3) is 0.619. The maximum Gasteiger partial charge on any atom is 0.297 e. The van der Waals surface area contributed by atoms with E-state index in [1.807, 2.05) is 6.92 Å². The number of imidazole rings is 1. The van der Waals surface area contributed by atoms with Crippen LogP contribution in [0.25, 0.3) is 11.0 Å². The number of halogens is 4. The number of nitrogens with one attached hydrogen (secondary N) is 1. The second-order valence-electron chi connectivity index (χ2n) is 7.97. The van der Waals surface area contributed by atoms with E-state index in [1.165, 1.54) is 13.0 Å². The van der Waals surface area contributed by atoms with Crippen molar-refractivity contribution in [1.82, 2.24) is 14.9 Å². The lowest BCUT2D eigenvalue weighted by molar-refractivity contribution is -0.120. The maximum atomic E-state index is 12.5. The van der Waals surface area contributed by atoms with Gasteiger partial charge >= 0.3 is 0 Å². The van der Waals surface area contributed by atoms with Gasteiger partial charge in [-0.15, -0.1) is 0 Å². The zero-order valence-electron chi connectivity index (χ0n) is 18.2. The number of hydrogen-bond donors (Lipinski definition) is 1. The van der Waals surface area contributed by atoms with Gasteiger partial charge in [0, 0.05) is 26.1 Å². The van der Waals surface area contributed by atoms with E-state index in [-0.39, 0.29) is 40.0 Å². The summed E-state index contributed by atoms with van der Waals surface area (Å²) in [6, 6.07) is 1.69. The van der Waals surface area contributed by atoms with Crippen molar-refractivity contribution in [2.75, 3.05) is 13.2 Å². The van der Waals surface area contributed by atoms with Gasteiger partial charge in [-0.3, -0.25) is 9.36 Å². The van der Waals surface area contributed by atoms with E-state index in [9.17, 15) is 13.6 Å². The van der Waals surface area contributed by atoms with Gasteiger partial charge in [-0.05, 0) is 32.6 Å². The molecular weight excluding hydrogens is 467 g/mol. The standard InChI is InChI=1S/C21H27Cl2F2N3O4/c1-11(26-12(2)29)9-30-13-4-6-14(7-5-13)32-21-27-19-15(22)8-16(31-10-17(24)25)18(23)20(19)28(21)3/h8,11,13-14,17H,4-7,9-10H2,1-3H3,(H,26,29)/t11-,13?,14?/m0/s1. The minimum atomic E-state index is -2.63. The van der Waals surface area contributed by atoms with Crippen molar-refractivity contribution in [1.29, 1.82) is 0 Å². The van der Waals surface area contributed by atoms with Crippen LogP contribution in [0.15, 0.2) is 6.07 Å². The first-order valence-electron chi connectivity index (χ1n) is 10.5. The third-order valence-corrected chi connectivity index (χ3v) is 5.91. The third-order valence-electron chi connectivity index (χ3n) is 5.25. The summed E-state index contributed by atoms with van der Waals surface area (Å²) in [6.07, 6.45) is 0.663. The molecule has 11 heteroatoms. The van der Waals surface area contributed by atoms with Crippen LogP contribution in [-0.2, 0) is 16.6 Å². The fourth-order valence-corrected chi connectivity index (χ4v) is 4.31. The molecule has 1 heterocycles. The van der Waals surface area contributed by atoms with Gasteiger partial charge in [0.1, 0.15) is 29.0 Å². The first kappa shape index (κ1) is 24.8. The van der Waals surface area contributed by atoms with Crippen LogP contribution in [0.2, 0.25) is 10.0 Å². The van der Waals surface area contributed by atoms with Gasteiger partial charge < -0.3 is 19.5 Å². The number of amides is 1. The molecule has 1 aliphatic rings. The van der Waals surface area contributed by atoms with Gasteiger partial charge in [0.15, 0.2) is 0 Å². The van der Waals surface area contributed by atoms with E-state index in [4.69, 9.17) is 37.4 Å². The molecule has 1 aromatic carbocycles. The molecule has 1 fully saturated rings. The van der Waals surface area contributed by atoms with Crippen LogP contribution in [0.1, 0.15) is 39.5 Å². The lowest BCUT2D eigenvalue weighted by atomic mass is 9.95. The Morgan fingerprint density at radius 2 is 1.91 bits per heavy atom. The van der Waals surface area contributed by atoms with Gasteiger partial charge in [-0.1, -0.05) is 23.2 Å². The topological polar surface area (TPSA) is 74.6 Å². The van der Waals surface area contributed by atoms with Crippen molar-refractivity contribution in [3.8, 4) is 11.8 Å². The van der Waals surface area contributed by atoms with Crippen molar-refractivity contribution in [2.24, 2.45) is 7.05 Å². The highest BCUT2D eigenvalue weighted by Gasteiger charge is 2.26. The normalized spacial score (nSPS) is 19.9. The maximum absolute atomic E-state index is 12.5. The van der Waals surface area contributed by atoms with E-state index in [0.29, 0.717) is 23.7 Å². The summed E-state index contributed by atoms with van der Waals surface area (Å²) >= 11 is 12.7. The second-order valence-corrected chi connectivity index (χ2v) is 8.76. The van der Waals surface area contributed by atoms with E-state index in [2.05, 4.69) is 10.3 Å². The highest BCUT2D eigenvalue weighted by molar-refractivity contribution is 6.40. The molecule has 1 aromatic heterocycles. The fourth-order valence-electron chi connectivity index (χ4n) is 3.76. The molecule has 1 atom stereocenters. The number of aromatic nitrogens is 2. The smallest absolute Gasteiger partial charge is 0.297 e. The van der Waals surface area contributed by atoms with Crippen molar-refractivity contribution < 1.29 is 27.8 Å². The largest absolute Gasteiger partial charge is 0.486 e. The van der Waals surface area contributed by atoms with Gasteiger partial charge in [-0.2, -0.15) is 4.98 Å². The van der Waals surface area contributed by atoms with E-state index >= 15 is 0 Å². The highest BCUT2D eigenvalue weighted by Crippen LogP contribution is 2.39. The number of rotatable bonds is 9. The van der Waals surface area contributed by atoms with Crippen LogP contribution in [0, 0.1) is 0 Å². The molecule has 1 aliphatic carbocycles. The Hall–Kier alpha value is -1.84. The minimum Gasteiger partial charge on any atom is -0.486 e. The van der Waals surface area contributed by atoms with E-state index in [1.54, 1.807) is 11.6 Å². The molecular formula is C21H27Cl2F2N3O4. The molecule has 1 amide bonds. The lowest BCUT2D eigenvalue weighted by Gasteiger charge is -2.29. The quantitative estimate of drug-likeness (QED) is 0.545. The Morgan fingerprint density at radius 3 is 2.53 bits per heavy atom. The van der Waals surface area contributed by atoms with Gasteiger partial charge in [0.05, 0.1) is 23.3 Å². The van der Waals surface area contributed by atoms with Crippen molar-refractivity contribution in [3.05, 3.63) is 16.1 Å². The zero-order valence-corrected chi connectivity index (χ0v) is 19.7.